The third kappa shape index (κ3) is 7.15. The Morgan fingerprint density at radius 3 is 2.02 bits per heavy atom. The van der Waals surface area contributed by atoms with E-state index in [1.165, 1.54) is 34.9 Å². The molecule has 302 valence electrons. The first kappa shape index (κ1) is 33.6. The highest BCUT2D eigenvalue weighted by molar-refractivity contribution is 6.09. The van der Waals surface area contributed by atoms with Gasteiger partial charge >= 0.3 is 0 Å². The highest BCUT2D eigenvalue weighted by Crippen LogP contribution is 2.41. The molecule has 0 fully saturated rings. The van der Waals surface area contributed by atoms with E-state index in [1.807, 2.05) is 47.2 Å². The number of pyridine rings is 1. The normalized spacial score (nSPS) is 13.8. The molecule has 5 nitrogen and oxygen atoms in total. The van der Waals surface area contributed by atoms with Gasteiger partial charge in [0.1, 0.15) is 28.7 Å². The molecule has 0 spiro atoms. The number of hydrogen-bond donors (Lipinski definition) is 0. The van der Waals surface area contributed by atoms with Crippen molar-refractivity contribution in [2.24, 2.45) is 0 Å². The van der Waals surface area contributed by atoms with Crippen LogP contribution in [0.3, 0.4) is 0 Å². The minimum absolute atomic E-state index is 0. The zero-order valence-electron chi connectivity index (χ0n) is 41.1. The van der Waals surface area contributed by atoms with Crippen molar-refractivity contribution in [1.29, 1.82) is 0 Å². The summed E-state index contributed by atoms with van der Waals surface area (Å²) in [6, 6.07) is 43.7. The fourth-order valence-corrected chi connectivity index (χ4v) is 8.51. The van der Waals surface area contributed by atoms with Gasteiger partial charge in [0.05, 0.1) is 11.0 Å². The maximum Gasteiger partial charge on any atom is 0.255 e. The van der Waals surface area contributed by atoms with Gasteiger partial charge in [0.15, 0.2) is 11.0 Å². The average molecular weight is 816 g/mol. The van der Waals surface area contributed by atoms with E-state index in [-0.39, 0.29) is 46.5 Å². The fourth-order valence-electron chi connectivity index (χ4n) is 8.51. The van der Waals surface area contributed by atoms with Gasteiger partial charge in [-0.25, -0.2) is 4.98 Å². The first-order chi connectivity index (χ1) is 30.8. The summed E-state index contributed by atoms with van der Waals surface area (Å²) < 4.78 is 63.9. The Morgan fingerprint density at radius 1 is 0.650 bits per heavy atom. The Kier molecular flexibility index (Phi) is 8.85. The van der Waals surface area contributed by atoms with Crippen LogP contribution in [0.1, 0.15) is 96.3 Å². The summed E-state index contributed by atoms with van der Waals surface area (Å²) in [6.07, 6.45) is 3.68. The quantitative estimate of drug-likeness (QED) is 0.143. The average Bonchev–Trinajstić information content (AvgIpc) is 3.81. The van der Waals surface area contributed by atoms with Gasteiger partial charge in [0, 0.05) is 37.3 Å². The molecular weight excluding hydrogens is 756 g/mol. The number of aryl methyl sites for hydroxylation is 2. The summed E-state index contributed by atoms with van der Waals surface area (Å²) in [5.41, 5.74) is 9.80. The molecule has 0 aliphatic rings. The second-order valence-electron chi connectivity index (χ2n) is 17.2. The van der Waals surface area contributed by atoms with E-state index in [2.05, 4.69) is 132 Å². The number of halogens is 1. The van der Waals surface area contributed by atoms with Crippen LogP contribution in [-0.4, -0.2) is 14.1 Å². The van der Waals surface area contributed by atoms with Crippen LogP contribution < -0.4 is 21.7 Å². The van der Waals surface area contributed by atoms with Crippen LogP contribution in [0, 0.1) is 13.7 Å². The highest BCUT2D eigenvalue weighted by Gasteiger charge is 2.25. The Labute approximate surface area is 368 Å². The predicted octanol–water partition coefficient (Wildman–Crippen LogP) is 11.0. The van der Waals surface area contributed by atoms with Crippen molar-refractivity contribution in [2.45, 2.75) is 79.4 Å². The number of aromatic nitrogens is 4. The number of fused-ring (bicyclic) bond motifs is 4. The van der Waals surface area contributed by atoms with Crippen molar-refractivity contribution in [3.8, 4) is 39.8 Å². The summed E-state index contributed by atoms with van der Waals surface area (Å²) in [4.78, 5) is 4.89. The topological polar surface area (TPSA) is 35.9 Å². The summed E-state index contributed by atoms with van der Waals surface area (Å²) in [5.74, 6) is 2.49. The molecule has 0 amide bonds. The molecule has 0 saturated carbocycles. The summed E-state index contributed by atoms with van der Waals surface area (Å²) in [7, 11) is 0. The first-order valence-corrected chi connectivity index (χ1v) is 20.4. The molecular formula is C54H53ClN4O. The van der Waals surface area contributed by atoms with Gasteiger partial charge < -0.3 is 17.1 Å². The number of nitrogens with zero attached hydrogens (tertiary/aromatic N) is 4. The number of benzene rings is 6. The van der Waals surface area contributed by atoms with Gasteiger partial charge in [-0.15, -0.1) is 0 Å². The molecule has 0 bridgehead atoms. The SMILES string of the molecule is [2H]C([2H])([2H])c1cccc(C([2H])([2H])[2H])c1-[n+]1cn(-c2cc(Oc3ccc4c5ccccc5n(-c5cc(C(C)(C)C)ccn5)c4c3)cc(-c3c(C(C)C)cccc3C(C)C)c2)c2ccccc21.[Cl-]. The summed E-state index contributed by atoms with van der Waals surface area (Å²) >= 11 is 0. The molecule has 0 N–H and O–H groups in total. The van der Waals surface area contributed by atoms with Crippen LogP contribution in [-0.2, 0) is 5.41 Å². The van der Waals surface area contributed by atoms with Crippen molar-refractivity contribution < 1.29 is 29.9 Å². The molecule has 6 aromatic carbocycles. The van der Waals surface area contributed by atoms with E-state index >= 15 is 0 Å². The lowest BCUT2D eigenvalue weighted by atomic mass is 9.85. The van der Waals surface area contributed by atoms with Gasteiger partial charge in [-0.05, 0) is 124 Å². The van der Waals surface area contributed by atoms with Crippen LogP contribution in [0.15, 0.2) is 146 Å². The molecule has 0 atom stereocenters. The second-order valence-corrected chi connectivity index (χ2v) is 17.2. The standard InChI is InChI=1S/C54H53N4O.ClH/c1-34(2)43-19-15-20-44(35(3)4)52(43)38-28-40(56-33-57(49-23-13-12-22-48(49)56)53-36(5)16-14-17-37(53)6)31-42(29-38)59-41-24-25-46-45-18-10-11-21-47(45)58(50(46)32-41)51-30-39(26-27-55-51)54(7,8)9;/h10-35H,1-9H3;1H/q+1;/p-1/i5D3,6D3;. The molecule has 0 radical (unpaired) electrons. The summed E-state index contributed by atoms with van der Waals surface area (Å²) in [6.45, 7) is 10.3. The smallest absolute Gasteiger partial charge is 0.255 e. The Hall–Kier alpha value is -6.17. The van der Waals surface area contributed by atoms with Crippen LogP contribution in [0.25, 0.3) is 61.2 Å². The lowest BCUT2D eigenvalue weighted by molar-refractivity contribution is -0.568. The fraction of sp³-hybridized carbons (Fsp3) is 0.222. The van der Waals surface area contributed by atoms with Gasteiger partial charge in [-0.2, -0.15) is 9.13 Å². The first-order valence-electron chi connectivity index (χ1n) is 23.4. The Morgan fingerprint density at radius 2 is 1.32 bits per heavy atom. The zero-order valence-corrected chi connectivity index (χ0v) is 35.8. The van der Waals surface area contributed by atoms with E-state index in [0.29, 0.717) is 17.0 Å². The Bertz CT molecular complexity index is 3220. The number of para-hydroxylation sites is 4. The number of ether oxygens (including phenoxy) is 1. The predicted molar refractivity (Wildman–Crippen MR) is 245 cm³/mol. The molecule has 0 aliphatic heterocycles. The van der Waals surface area contributed by atoms with Crippen LogP contribution in [0.4, 0.5) is 0 Å². The molecule has 6 heteroatoms. The van der Waals surface area contributed by atoms with Crippen molar-refractivity contribution >= 4 is 32.8 Å². The molecule has 9 rings (SSSR count). The molecule has 3 heterocycles. The number of hydrogen-bond acceptors (Lipinski definition) is 2. The monoisotopic (exact) mass is 814 g/mol. The summed E-state index contributed by atoms with van der Waals surface area (Å²) in [5, 5.41) is 2.19. The second kappa shape index (κ2) is 15.8. The van der Waals surface area contributed by atoms with Crippen molar-refractivity contribution in [3.63, 3.8) is 0 Å². The molecule has 0 aliphatic carbocycles. The minimum atomic E-state index is -2.58. The van der Waals surface area contributed by atoms with E-state index in [0.717, 1.165) is 50.0 Å². The molecule has 9 aromatic rings. The van der Waals surface area contributed by atoms with Crippen LogP contribution in [0.5, 0.6) is 11.5 Å². The molecule has 60 heavy (non-hydrogen) atoms. The van der Waals surface area contributed by atoms with E-state index in [1.54, 1.807) is 10.9 Å². The van der Waals surface area contributed by atoms with Crippen molar-refractivity contribution in [3.05, 3.63) is 174 Å². The maximum atomic E-state index is 8.50. The maximum absolute atomic E-state index is 8.50. The van der Waals surface area contributed by atoms with Gasteiger partial charge in [-0.1, -0.05) is 115 Å². The van der Waals surface area contributed by atoms with Crippen LogP contribution >= 0.6 is 0 Å². The minimum Gasteiger partial charge on any atom is -1.00 e. The third-order valence-electron chi connectivity index (χ3n) is 11.5. The van der Waals surface area contributed by atoms with Crippen LogP contribution in [0.2, 0.25) is 0 Å². The molecule has 0 saturated heterocycles. The zero-order chi connectivity index (χ0) is 46.2. The number of rotatable bonds is 8. The van der Waals surface area contributed by atoms with Gasteiger partial charge in [0.25, 0.3) is 6.33 Å². The lowest BCUT2D eigenvalue weighted by Crippen LogP contribution is -3.00. The van der Waals surface area contributed by atoms with Gasteiger partial charge in [0.2, 0.25) is 0 Å². The van der Waals surface area contributed by atoms with Gasteiger partial charge in [-0.3, -0.25) is 4.57 Å². The lowest BCUT2D eigenvalue weighted by Gasteiger charge is -2.21. The highest BCUT2D eigenvalue weighted by atomic mass is 35.5. The molecule has 3 aromatic heterocycles. The third-order valence-corrected chi connectivity index (χ3v) is 11.5. The van der Waals surface area contributed by atoms with E-state index in [9.17, 15) is 0 Å². The van der Waals surface area contributed by atoms with Crippen molar-refractivity contribution in [2.75, 3.05) is 0 Å². The largest absolute Gasteiger partial charge is 1.00 e. The number of imidazole rings is 1. The van der Waals surface area contributed by atoms with E-state index in [4.69, 9.17) is 17.9 Å². The van der Waals surface area contributed by atoms with Crippen molar-refractivity contribution in [1.82, 2.24) is 14.1 Å². The Balaban J connectivity index is 0.00000592. The molecule has 0 unspecified atom stereocenters. The van der Waals surface area contributed by atoms with E-state index < -0.39 is 13.7 Å².